The van der Waals surface area contributed by atoms with E-state index in [1.807, 2.05) is 0 Å². The van der Waals surface area contributed by atoms with Gasteiger partial charge in [-0.25, -0.2) is 9.18 Å². The Morgan fingerprint density at radius 3 is 2.68 bits per heavy atom. The molecule has 0 aliphatic rings. The molecule has 0 fully saturated rings. The van der Waals surface area contributed by atoms with E-state index in [2.05, 4.69) is 4.74 Å². The molecule has 0 spiro atoms. The van der Waals surface area contributed by atoms with Crippen molar-refractivity contribution >= 4 is 29.4 Å². The zero-order chi connectivity index (χ0) is 14.4. The summed E-state index contributed by atoms with van der Waals surface area (Å²) < 4.78 is 22.9. The molecule has 0 aliphatic heterocycles. The van der Waals surface area contributed by atoms with E-state index < -0.39 is 17.8 Å². The van der Waals surface area contributed by atoms with Gasteiger partial charge < -0.3 is 15.2 Å². The maximum Gasteiger partial charge on any atom is 0.340 e. The standard InChI is InChI=1S/C12H14FNO4S/c1-3-18-12(16)7-4-10(8(13)5-9(7)14)19-6-11(15)17-2/h4-5H,3,6,14H2,1-2H3. The van der Waals surface area contributed by atoms with Crippen LogP contribution < -0.4 is 5.73 Å². The van der Waals surface area contributed by atoms with E-state index in [-0.39, 0.29) is 28.5 Å². The van der Waals surface area contributed by atoms with Gasteiger partial charge >= 0.3 is 11.9 Å². The summed E-state index contributed by atoms with van der Waals surface area (Å²) in [5.74, 6) is -1.77. The Morgan fingerprint density at radius 2 is 2.11 bits per heavy atom. The molecule has 0 aromatic heterocycles. The van der Waals surface area contributed by atoms with Crippen molar-refractivity contribution in [3.63, 3.8) is 0 Å². The topological polar surface area (TPSA) is 78.6 Å². The molecule has 0 unspecified atom stereocenters. The summed E-state index contributed by atoms with van der Waals surface area (Å²) in [7, 11) is 1.24. The number of nitrogens with two attached hydrogens (primary N) is 1. The molecule has 1 aromatic carbocycles. The third-order valence-electron chi connectivity index (χ3n) is 2.17. The summed E-state index contributed by atoms with van der Waals surface area (Å²) in [6, 6.07) is 2.31. The molecule has 1 rings (SSSR count). The molecule has 7 heteroatoms. The minimum atomic E-state index is -0.625. The fourth-order valence-electron chi connectivity index (χ4n) is 1.26. The second-order valence-corrected chi connectivity index (χ2v) is 4.47. The molecule has 0 atom stereocenters. The second-order valence-electron chi connectivity index (χ2n) is 3.46. The number of esters is 2. The highest BCUT2D eigenvalue weighted by Crippen LogP contribution is 2.27. The monoisotopic (exact) mass is 287 g/mol. The lowest BCUT2D eigenvalue weighted by Gasteiger charge is -2.09. The van der Waals surface area contributed by atoms with E-state index in [9.17, 15) is 14.0 Å². The first-order valence-corrected chi connectivity index (χ1v) is 6.43. The summed E-state index contributed by atoms with van der Waals surface area (Å²) >= 11 is 0.925. The Kier molecular flexibility index (Phi) is 5.62. The Morgan fingerprint density at radius 1 is 1.42 bits per heavy atom. The molecule has 19 heavy (non-hydrogen) atoms. The van der Waals surface area contributed by atoms with E-state index in [1.165, 1.54) is 13.2 Å². The third kappa shape index (κ3) is 4.13. The van der Waals surface area contributed by atoms with Crippen molar-refractivity contribution in [1.29, 1.82) is 0 Å². The summed E-state index contributed by atoms with van der Waals surface area (Å²) in [6.45, 7) is 1.85. The van der Waals surface area contributed by atoms with Crippen LogP contribution in [0.1, 0.15) is 17.3 Å². The van der Waals surface area contributed by atoms with E-state index in [0.29, 0.717) is 0 Å². The zero-order valence-corrected chi connectivity index (χ0v) is 11.4. The normalized spacial score (nSPS) is 10.1. The van der Waals surface area contributed by atoms with E-state index in [4.69, 9.17) is 10.5 Å². The highest BCUT2D eigenvalue weighted by Gasteiger charge is 2.16. The zero-order valence-electron chi connectivity index (χ0n) is 10.6. The van der Waals surface area contributed by atoms with Crippen molar-refractivity contribution in [2.75, 3.05) is 25.2 Å². The van der Waals surface area contributed by atoms with Gasteiger partial charge in [0.05, 0.1) is 25.0 Å². The molecule has 2 N–H and O–H groups in total. The largest absolute Gasteiger partial charge is 0.468 e. The Bertz CT molecular complexity index is 493. The van der Waals surface area contributed by atoms with Crippen LogP contribution in [0.3, 0.4) is 0 Å². The number of carbonyl (C=O) groups is 2. The summed E-state index contributed by atoms with van der Waals surface area (Å²) in [6.07, 6.45) is 0. The minimum absolute atomic E-state index is 0.00151. The number of hydrogen-bond donors (Lipinski definition) is 1. The van der Waals surface area contributed by atoms with Crippen molar-refractivity contribution in [3.05, 3.63) is 23.5 Å². The summed E-state index contributed by atoms with van der Waals surface area (Å²) in [5, 5.41) is 0. The molecule has 0 aliphatic carbocycles. The van der Waals surface area contributed by atoms with E-state index in [1.54, 1.807) is 6.92 Å². The number of halogens is 1. The molecule has 1 aromatic rings. The van der Waals surface area contributed by atoms with Crippen molar-refractivity contribution in [2.45, 2.75) is 11.8 Å². The summed E-state index contributed by atoms with van der Waals surface area (Å²) in [4.78, 5) is 22.7. The number of benzene rings is 1. The molecule has 0 saturated heterocycles. The van der Waals surface area contributed by atoms with Crippen LogP contribution in [0, 0.1) is 5.82 Å². The average molecular weight is 287 g/mol. The van der Waals surface area contributed by atoms with Crippen molar-refractivity contribution < 1.29 is 23.5 Å². The molecular weight excluding hydrogens is 273 g/mol. The highest BCUT2D eigenvalue weighted by molar-refractivity contribution is 8.00. The van der Waals surface area contributed by atoms with Crippen LogP contribution in [-0.2, 0) is 14.3 Å². The van der Waals surface area contributed by atoms with Crippen LogP contribution in [0.5, 0.6) is 0 Å². The predicted octanol–water partition coefficient (Wildman–Crippen LogP) is 1.85. The van der Waals surface area contributed by atoms with Crippen LogP contribution in [0.2, 0.25) is 0 Å². The Hall–Kier alpha value is -1.76. The van der Waals surface area contributed by atoms with Crippen molar-refractivity contribution in [1.82, 2.24) is 0 Å². The van der Waals surface area contributed by atoms with E-state index in [0.717, 1.165) is 17.8 Å². The van der Waals surface area contributed by atoms with Crippen LogP contribution in [0.4, 0.5) is 10.1 Å². The van der Waals surface area contributed by atoms with Gasteiger partial charge in [-0.3, -0.25) is 4.79 Å². The van der Waals surface area contributed by atoms with Crippen LogP contribution >= 0.6 is 11.8 Å². The van der Waals surface area contributed by atoms with Crippen molar-refractivity contribution in [2.24, 2.45) is 0 Å². The first-order valence-electron chi connectivity index (χ1n) is 5.45. The van der Waals surface area contributed by atoms with E-state index >= 15 is 0 Å². The number of anilines is 1. The van der Waals surface area contributed by atoms with Gasteiger partial charge in [0.15, 0.2) is 0 Å². The molecular formula is C12H14FNO4S. The van der Waals surface area contributed by atoms with Gasteiger partial charge in [0, 0.05) is 10.6 Å². The maximum atomic E-state index is 13.6. The molecule has 104 valence electrons. The Balaban J connectivity index is 2.96. The SMILES string of the molecule is CCOC(=O)c1cc(SCC(=O)OC)c(F)cc1N. The van der Waals surface area contributed by atoms with Gasteiger partial charge in [-0.1, -0.05) is 0 Å². The average Bonchev–Trinajstić information content (AvgIpc) is 2.37. The quantitative estimate of drug-likeness (QED) is 0.506. The fourth-order valence-corrected chi connectivity index (χ4v) is 2.05. The molecule has 5 nitrogen and oxygen atoms in total. The van der Waals surface area contributed by atoms with Gasteiger partial charge in [0.2, 0.25) is 0 Å². The van der Waals surface area contributed by atoms with Gasteiger partial charge in [-0.15, -0.1) is 11.8 Å². The van der Waals surface area contributed by atoms with Crippen LogP contribution in [0.15, 0.2) is 17.0 Å². The lowest BCUT2D eigenvalue weighted by atomic mass is 10.2. The lowest BCUT2D eigenvalue weighted by molar-refractivity contribution is -0.137. The molecule has 0 radical (unpaired) electrons. The fraction of sp³-hybridized carbons (Fsp3) is 0.333. The number of carbonyl (C=O) groups excluding carboxylic acids is 2. The number of ether oxygens (including phenoxy) is 2. The van der Waals surface area contributed by atoms with Gasteiger partial charge in [0.25, 0.3) is 0 Å². The Labute approximate surface area is 114 Å². The molecule has 0 saturated carbocycles. The number of hydrogen-bond acceptors (Lipinski definition) is 6. The van der Waals surface area contributed by atoms with Crippen molar-refractivity contribution in [3.8, 4) is 0 Å². The van der Waals surface area contributed by atoms with Crippen LogP contribution in [-0.4, -0.2) is 31.4 Å². The van der Waals surface area contributed by atoms with Gasteiger partial charge in [-0.2, -0.15) is 0 Å². The van der Waals surface area contributed by atoms with Crippen LogP contribution in [0.25, 0.3) is 0 Å². The smallest absolute Gasteiger partial charge is 0.340 e. The van der Waals surface area contributed by atoms with Gasteiger partial charge in [0.1, 0.15) is 5.82 Å². The first kappa shape index (κ1) is 15.3. The molecule has 0 amide bonds. The third-order valence-corrected chi connectivity index (χ3v) is 3.18. The molecule has 0 heterocycles. The molecule has 0 bridgehead atoms. The maximum absolute atomic E-state index is 13.6. The lowest BCUT2D eigenvalue weighted by Crippen LogP contribution is -2.09. The highest BCUT2D eigenvalue weighted by atomic mass is 32.2. The second kappa shape index (κ2) is 6.98. The number of rotatable bonds is 5. The number of methoxy groups -OCH3 is 1. The predicted molar refractivity (Wildman–Crippen MR) is 69.5 cm³/mol. The number of thioether (sulfide) groups is 1. The minimum Gasteiger partial charge on any atom is -0.468 e. The first-order chi connectivity index (χ1) is 8.99. The summed E-state index contributed by atoms with van der Waals surface area (Å²) in [5.41, 5.74) is 5.64. The van der Waals surface area contributed by atoms with Gasteiger partial charge in [-0.05, 0) is 19.1 Å². The number of nitrogen functional groups attached to an aromatic ring is 1.